The monoisotopic (exact) mass is 340 g/mol. The lowest BCUT2D eigenvalue weighted by Crippen LogP contribution is -2.40. The predicted octanol–water partition coefficient (Wildman–Crippen LogP) is 3.72. The zero-order valence-corrected chi connectivity index (χ0v) is 14.4. The Morgan fingerprint density at radius 3 is 2.12 bits per heavy atom. The van der Waals surface area contributed by atoms with Crippen LogP contribution in [0, 0.1) is 0 Å². The van der Waals surface area contributed by atoms with Gasteiger partial charge in [-0.2, -0.15) is 0 Å². The minimum atomic E-state index is -0.359. The molecule has 0 fully saturated rings. The SMILES string of the molecule is CO[C@H]1C=C[C@@H](OCc2ccccc2)[C@@H](COCc2ccccc2)O1. The number of rotatable bonds is 8. The molecule has 0 amide bonds. The normalized spacial score (nSPS) is 22.8. The number of ether oxygens (including phenoxy) is 4. The average molecular weight is 340 g/mol. The van der Waals surface area contributed by atoms with Crippen LogP contribution < -0.4 is 0 Å². The maximum absolute atomic E-state index is 6.03. The lowest BCUT2D eigenvalue weighted by atomic mass is 10.1. The molecular weight excluding hydrogens is 316 g/mol. The lowest BCUT2D eigenvalue weighted by Gasteiger charge is -2.31. The van der Waals surface area contributed by atoms with Crippen LogP contribution in [0.3, 0.4) is 0 Å². The van der Waals surface area contributed by atoms with Crippen LogP contribution in [0.5, 0.6) is 0 Å². The molecule has 0 aromatic heterocycles. The summed E-state index contributed by atoms with van der Waals surface area (Å²) in [4.78, 5) is 0. The zero-order chi connectivity index (χ0) is 17.3. The van der Waals surface area contributed by atoms with Crippen LogP contribution in [0.1, 0.15) is 11.1 Å². The van der Waals surface area contributed by atoms with E-state index < -0.39 is 0 Å². The third-order valence-electron chi connectivity index (χ3n) is 4.04. The summed E-state index contributed by atoms with van der Waals surface area (Å²) >= 11 is 0. The fraction of sp³-hybridized carbons (Fsp3) is 0.333. The molecule has 4 heteroatoms. The van der Waals surface area contributed by atoms with E-state index >= 15 is 0 Å². The van der Waals surface area contributed by atoms with Crippen molar-refractivity contribution in [1.29, 1.82) is 0 Å². The Morgan fingerprint density at radius 1 is 0.840 bits per heavy atom. The summed E-state index contributed by atoms with van der Waals surface area (Å²) < 4.78 is 23.1. The van der Waals surface area contributed by atoms with E-state index in [0.717, 1.165) is 11.1 Å². The molecule has 4 nitrogen and oxygen atoms in total. The molecule has 2 aromatic rings. The van der Waals surface area contributed by atoms with Gasteiger partial charge in [0.1, 0.15) is 12.2 Å². The van der Waals surface area contributed by atoms with Crippen LogP contribution in [0.4, 0.5) is 0 Å². The van der Waals surface area contributed by atoms with E-state index in [1.54, 1.807) is 7.11 Å². The molecule has 2 aromatic carbocycles. The molecule has 0 unspecified atom stereocenters. The lowest BCUT2D eigenvalue weighted by molar-refractivity contribution is -0.185. The van der Waals surface area contributed by atoms with Crippen LogP contribution >= 0.6 is 0 Å². The fourth-order valence-electron chi connectivity index (χ4n) is 2.68. The van der Waals surface area contributed by atoms with E-state index in [2.05, 4.69) is 0 Å². The minimum Gasteiger partial charge on any atom is -0.374 e. The maximum atomic E-state index is 6.03. The highest BCUT2D eigenvalue weighted by Gasteiger charge is 2.28. The van der Waals surface area contributed by atoms with Gasteiger partial charge < -0.3 is 18.9 Å². The summed E-state index contributed by atoms with van der Waals surface area (Å²) in [6, 6.07) is 20.2. The smallest absolute Gasteiger partial charge is 0.177 e. The fourth-order valence-corrected chi connectivity index (χ4v) is 2.68. The summed E-state index contributed by atoms with van der Waals surface area (Å²) in [5.41, 5.74) is 2.27. The summed E-state index contributed by atoms with van der Waals surface area (Å²) in [6.45, 7) is 1.53. The van der Waals surface area contributed by atoms with Crippen molar-refractivity contribution in [3.63, 3.8) is 0 Å². The van der Waals surface area contributed by atoms with Crippen LogP contribution in [-0.2, 0) is 32.2 Å². The van der Waals surface area contributed by atoms with Gasteiger partial charge in [-0.3, -0.25) is 0 Å². The van der Waals surface area contributed by atoms with Gasteiger partial charge in [0.25, 0.3) is 0 Å². The van der Waals surface area contributed by atoms with Crippen molar-refractivity contribution in [3.05, 3.63) is 83.9 Å². The molecule has 0 spiro atoms. The van der Waals surface area contributed by atoms with Gasteiger partial charge in [-0.05, 0) is 17.2 Å². The number of hydrogen-bond acceptors (Lipinski definition) is 4. The van der Waals surface area contributed by atoms with Crippen LogP contribution in [0.2, 0.25) is 0 Å². The molecule has 3 atom stereocenters. The topological polar surface area (TPSA) is 36.9 Å². The zero-order valence-electron chi connectivity index (χ0n) is 14.4. The first-order chi connectivity index (χ1) is 12.3. The van der Waals surface area contributed by atoms with Gasteiger partial charge in [-0.1, -0.05) is 66.7 Å². The molecule has 0 radical (unpaired) electrons. The van der Waals surface area contributed by atoms with Gasteiger partial charge in [0, 0.05) is 7.11 Å². The molecule has 25 heavy (non-hydrogen) atoms. The standard InChI is InChI=1S/C21H24O4/c1-22-21-13-12-19(24-15-18-10-6-3-7-11-18)20(25-21)16-23-14-17-8-4-2-5-9-17/h2-13,19-21H,14-16H2,1H3/t19-,20-,21-/m1/s1. The molecule has 0 saturated heterocycles. The summed E-state index contributed by atoms with van der Waals surface area (Å²) in [5, 5.41) is 0. The van der Waals surface area contributed by atoms with E-state index in [4.69, 9.17) is 18.9 Å². The second-order valence-electron chi connectivity index (χ2n) is 5.93. The molecule has 1 aliphatic rings. The van der Waals surface area contributed by atoms with Gasteiger partial charge in [-0.25, -0.2) is 0 Å². The summed E-state index contributed by atoms with van der Waals surface area (Å²) in [5.74, 6) is 0. The molecule has 0 N–H and O–H groups in total. The third-order valence-corrected chi connectivity index (χ3v) is 4.04. The molecule has 1 heterocycles. The summed E-state index contributed by atoms with van der Waals surface area (Å²) in [7, 11) is 1.63. The number of hydrogen-bond donors (Lipinski definition) is 0. The molecule has 0 bridgehead atoms. The quantitative estimate of drug-likeness (QED) is 0.687. The van der Waals surface area contributed by atoms with Crippen LogP contribution in [0.25, 0.3) is 0 Å². The Morgan fingerprint density at radius 2 is 1.48 bits per heavy atom. The number of methoxy groups -OCH3 is 1. The van der Waals surface area contributed by atoms with E-state index in [1.807, 2.05) is 72.8 Å². The van der Waals surface area contributed by atoms with Crippen LogP contribution in [0.15, 0.2) is 72.8 Å². The Bertz CT molecular complexity index is 641. The van der Waals surface area contributed by atoms with Crippen molar-refractivity contribution in [2.75, 3.05) is 13.7 Å². The van der Waals surface area contributed by atoms with E-state index in [-0.39, 0.29) is 18.5 Å². The molecule has 0 aliphatic carbocycles. The van der Waals surface area contributed by atoms with Crippen LogP contribution in [-0.4, -0.2) is 32.2 Å². The second kappa shape index (κ2) is 9.49. The maximum Gasteiger partial charge on any atom is 0.177 e. The Kier molecular flexibility index (Phi) is 6.77. The molecule has 3 rings (SSSR count). The van der Waals surface area contributed by atoms with E-state index in [0.29, 0.717) is 19.8 Å². The molecule has 0 saturated carbocycles. The van der Waals surface area contributed by atoms with E-state index in [9.17, 15) is 0 Å². The van der Waals surface area contributed by atoms with Crippen molar-refractivity contribution in [2.45, 2.75) is 31.7 Å². The van der Waals surface area contributed by atoms with Crippen molar-refractivity contribution in [1.82, 2.24) is 0 Å². The first kappa shape index (κ1) is 17.8. The largest absolute Gasteiger partial charge is 0.374 e. The van der Waals surface area contributed by atoms with Gasteiger partial charge in [-0.15, -0.1) is 0 Å². The van der Waals surface area contributed by atoms with Crippen molar-refractivity contribution in [2.24, 2.45) is 0 Å². The van der Waals surface area contributed by atoms with Crippen molar-refractivity contribution < 1.29 is 18.9 Å². The van der Waals surface area contributed by atoms with Crippen molar-refractivity contribution in [3.8, 4) is 0 Å². The van der Waals surface area contributed by atoms with E-state index in [1.165, 1.54) is 0 Å². The minimum absolute atomic E-state index is 0.164. The second-order valence-corrected chi connectivity index (χ2v) is 5.93. The summed E-state index contributed by atoms with van der Waals surface area (Å²) in [6.07, 6.45) is 3.15. The van der Waals surface area contributed by atoms with Gasteiger partial charge >= 0.3 is 0 Å². The molecular formula is C21H24O4. The Hall–Kier alpha value is -1.98. The Labute approximate surface area is 149 Å². The first-order valence-electron chi connectivity index (χ1n) is 8.49. The number of benzene rings is 2. The average Bonchev–Trinajstić information content (AvgIpc) is 2.68. The Balaban J connectivity index is 1.54. The molecule has 132 valence electrons. The highest BCUT2D eigenvalue weighted by atomic mass is 16.7. The highest BCUT2D eigenvalue weighted by molar-refractivity contribution is 5.14. The third kappa shape index (κ3) is 5.51. The van der Waals surface area contributed by atoms with Gasteiger partial charge in [0.05, 0.1) is 19.8 Å². The van der Waals surface area contributed by atoms with Gasteiger partial charge in [0.15, 0.2) is 6.29 Å². The molecule has 1 aliphatic heterocycles. The van der Waals surface area contributed by atoms with Gasteiger partial charge in [0.2, 0.25) is 0 Å². The van der Waals surface area contributed by atoms with Crippen molar-refractivity contribution >= 4 is 0 Å². The highest BCUT2D eigenvalue weighted by Crippen LogP contribution is 2.19. The predicted molar refractivity (Wildman–Crippen MR) is 95.9 cm³/mol. The first-order valence-corrected chi connectivity index (χ1v) is 8.49.